The first-order chi connectivity index (χ1) is 16.2. The lowest BCUT2D eigenvalue weighted by atomic mass is 10.1. The summed E-state index contributed by atoms with van der Waals surface area (Å²) >= 11 is 0. The van der Waals surface area contributed by atoms with Gasteiger partial charge in [0.25, 0.3) is 0 Å². The second-order valence-electron chi connectivity index (χ2n) is 7.72. The number of benzene rings is 1. The highest BCUT2D eigenvalue weighted by atomic mass is 15.1. The van der Waals surface area contributed by atoms with E-state index in [1.165, 1.54) is 0 Å². The lowest BCUT2D eigenvalue weighted by Gasteiger charge is -2.10. The van der Waals surface area contributed by atoms with Crippen molar-refractivity contribution in [1.82, 2.24) is 30.1 Å². The van der Waals surface area contributed by atoms with Gasteiger partial charge < -0.3 is 10.3 Å². The van der Waals surface area contributed by atoms with Gasteiger partial charge in [0.1, 0.15) is 16.9 Å². The number of anilines is 1. The van der Waals surface area contributed by atoms with Crippen molar-refractivity contribution in [3.63, 3.8) is 0 Å². The highest BCUT2D eigenvalue weighted by Crippen LogP contribution is 2.29. The molecular weight excluding hydrogens is 410 g/mol. The Morgan fingerprint density at radius 2 is 1.85 bits per heavy atom. The molecule has 0 atom stereocenters. The summed E-state index contributed by atoms with van der Waals surface area (Å²) in [6.07, 6.45) is 5.34. The van der Waals surface area contributed by atoms with Gasteiger partial charge in [0.15, 0.2) is 0 Å². The highest BCUT2D eigenvalue weighted by Gasteiger charge is 2.14. The number of aromatic nitrogens is 6. The van der Waals surface area contributed by atoms with E-state index in [0.29, 0.717) is 0 Å². The lowest BCUT2D eigenvalue weighted by molar-refractivity contribution is 1.12. The summed E-state index contributed by atoms with van der Waals surface area (Å²) in [5.74, 6) is 0. The number of fused-ring (bicyclic) bond motifs is 2. The largest absolute Gasteiger partial charge is 0.354 e. The molecule has 158 valence electrons. The third-order valence-electron chi connectivity index (χ3n) is 5.51. The first kappa shape index (κ1) is 18.9. The van der Waals surface area contributed by atoms with Gasteiger partial charge in [-0.2, -0.15) is 5.10 Å². The molecule has 33 heavy (non-hydrogen) atoms. The number of rotatable bonds is 5. The summed E-state index contributed by atoms with van der Waals surface area (Å²) < 4.78 is 0. The molecule has 0 fully saturated rings. The summed E-state index contributed by atoms with van der Waals surface area (Å²) in [5, 5.41) is 11.9. The Labute approximate surface area is 189 Å². The van der Waals surface area contributed by atoms with Gasteiger partial charge in [0.05, 0.1) is 28.8 Å². The van der Waals surface area contributed by atoms with Crippen molar-refractivity contribution in [3.8, 4) is 22.6 Å². The Morgan fingerprint density at radius 3 is 2.73 bits per heavy atom. The quantitative estimate of drug-likeness (QED) is 0.329. The number of hydrogen-bond donors (Lipinski definition) is 3. The Balaban J connectivity index is 1.36. The second kappa shape index (κ2) is 7.72. The van der Waals surface area contributed by atoms with Gasteiger partial charge in [-0.05, 0) is 42.0 Å². The van der Waals surface area contributed by atoms with Gasteiger partial charge in [0, 0.05) is 29.0 Å². The van der Waals surface area contributed by atoms with Gasteiger partial charge in [-0.1, -0.05) is 36.9 Å². The number of nitrogens with zero attached hydrogens (tertiary/aromatic N) is 4. The molecule has 6 aromatic rings. The lowest BCUT2D eigenvalue weighted by Crippen LogP contribution is -1.98. The fourth-order valence-electron chi connectivity index (χ4n) is 3.87. The summed E-state index contributed by atoms with van der Waals surface area (Å²) in [6, 6.07) is 21.9. The summed E-state index contributed by atoms with van der Waals surface area (Å²) in [4.78, 5) is 17.0. The molecular formula is C26H19N7. The van der Waals surface area contributed by atoms with Crippen LogP contribution in [0, 0.1) is 0 Å². The third-order valence-corrected chi connectivity index (χ3v) is 5.51. The van der Waals surface area contributed by atoms with Crippen molar-refractivity contribution in [2.45, 2.75) is 0 Å². The van der Waals surface area contributed by atoms with Crippen molar-refractivity contribution in [1.29, 1.82) is 0 Å². The van der Waals surface area contributed by atoms with E-state index in [-0.39, 0.29) is 0 Å². The Hall–Kier alpha value is -4.78. The van der Waals surface area contributed by atoms with Crippen molar-refractivity contribution in [2.75, 3.05) is 5.32 Å². The Kier molecular flexibility index (Phi) is 4.43. The minimum absolute atomic E-state index is 0.754. The predicted molar refractivity (Wildman–Crippen MR) is 131 cm³/mol. The molecule has 0 saturated carbocycles. The second-order valence-corrected chi connectivity index (χ2v) is 7.72. The summed E-state index contributed by atoms with van der Waals surface area (Å²) in [7, 11) is 0. The standard InChI is InChI=1S/C26H19N7/c1-16(17-6-3-2-4-7-17)29-20-12-19(14-27-15-20)21-9-10-22-24(30-21)25(33-32-22)23-13-18-8-5-11-28-26(18)31-23/h2-15,29H,1H2,(H,28,31)(H,32,33). The monoisotopic (exact) mass is 429 g/mol. The molecule has 7 nitrogen and oxygen atoms in total. The number of pyridine rings is 3. The number of hydrogen-bond acceptors (Lipinski definition) is 5. The van der Waals surface area contributed by atoms with Gasteiger partial charge in [-0.3, -0.25) is 10.1 Å². The zero-order chi connectivity index (χ0) is 22.2. The molecule has 3 N–H and O–H groups in total. The van der Waals surface area contributed by atoms with E-state index >= 15 is 0 Å². The van der Waals surface area contributed by atoms with E-state index in [0.717, 1.165) is 61.7 Å². The molecule has 0 amide bonds. The molecule has 0 spiro atoms. The Bertz CT molecular complexity index is 1580. The normalized spacial score (nSPS) is 11.2. The van der Waals surface area contributed by atoms with Crippen LogP contribution < -0.4 is 5.32 Å². The van der Waals surface area contributed by atoms with Crippen LogP contribution >= 0.6 is 0 Å². The molecule has 5 aromatic heterocycles. The fourth-order valence-corrected chi connectivity index (χ4v) is 3.87. The van der Waals surface area contributed by atoms with E-state index in [1.54, 1.807) is 18.6 Å². The van der Waals surface area contributed by atoms with Crippen LogP contribution in [0.2, 0.25) is 0 Å². The number of aromatic amines is 2. The van der Waals surface area contributed by atoms with Crippen molar-refractivity contribution < 1.29 is 0 Å². The zero-order valence-corrected chi connectivity index (χ0v) is 17.6. The molecule has 0 radical (unpaired) electrons. The topological polar surface area (TPSA) is 95.2 Å². The minimum atomic E-state index is 0.754. The third kappa shape index (κ3) is 3.51. The average molecular weight is 429 g/mol. The van der Waals surface area contributed by atoms with Crippen molar-refractivity contribution in [2.24, 2.45) is 0 Å². The van der Waals surface area contributed by atoms with E-state index in [1.807, 2.05) is 66.7 Å². The van der Waals surface area contributed by atoms with Crippen LogP contribution in [-0.2, 0) is 0 Å². The summed E-state index contributed by atoms with van der Waals surface area (Å²) in [6.45, 7) is 4.14. The zero-order valence-electron chi connectivity index (χ0n) is 17.6. The molecule has 0 bridgehead atoms. The highest BCUT2D eigenvalue weighted by molar-refractivity contribution is 5.93. The first-order valence-electron chi connectivity index (χ1n) is 10.5. The van der Waals surface area contributed by atoms with Crippen molar-refractivity contribution >= 4 is 33.5 Å². The Morgan fingerprint density at radius 1 is 0.939 bits per heavy atom. The maximum Gasteiger partial charge on any atom is 0.137 e. The fraction of sp³-hybridized carbons (Fsp3) is 0. The van der Waals surface area contributed by atoms with Crippen LogP contribution in [0.3, 0.4) is 0 Å². The van der Waals surface area contributed by atoms with Crippen LogP contribution in [0.1, 0.15) is 5.56 Å². The van der Waals surface area contributed by atoms with Crippen LogP contribution in [0.15, 0.2) is 91.9 Å². The van der Waals surface area contributed by atoms with E-state index in [2.05, 4.69) is 37.0 Å². The van der Waals surface area contributed by atoms with Gasteiger partial charge >= 0.3 is 0 Å². The SMILES string of the molecule is C=C(Nc1cncc(-c2ccc3[nH]nc(-c4cc5cccnc5[nH]4)c3n2)c1)c1ccccc1. The maximum absolute atomic E-state index is 4.91. The molecule has 0 unspecified atom stereocenters. The van der Waals surface area contributed by atoms with E-state index in [9.17, 15) is 0 Å². The smallest absolute Gasteiger partial charge is 0.137 e. The average Bonchev–Trinajstić information content (AvgIpc) is 3.48. The maximum atomic E-state index is 4.91. The molecule has 0 aliphatic heterocycles. The number of H-pyrrole nitrogens is 2. The van der Waals surface area contributed by atoms with Gasteiger partial charge in [-0.15, -0.1) is 0 Å². The van der Waals surface area contributed by atoms with Crippen molar-refractivity contribution in [3.05, 3.63) is 97.5 Å². The van der Waals surface area contributed by atoms with Crippen LogP contribution in [0.25, 0.3) is 50.4 Å². The molecule has 7 heteroatoms. The molecule has 5 heterocycles. The van der Waals surface area contributed by atoms with E-state index in [4.69, 9.17) is 4.98 Å². The molecule has 1 aromatic carbocycles. The molecule has 6 rings (SSSR count). The molecule has 0 saturated heterocycles. The predicted octanol–water partition coefficient (Wildman–Crippen LogP) is 5.65. The van der Waals surface area contributed by atoms with Gasteiger partial charge in [-0.25, -0.2) is 9.97 Å². The van der Waals surface area contributed by atoms with Crippen LogP contribution in [-0.4, -0.2) is 30.1 Å². The van der Waals surface area contributed by atoms with Gasteiger partial charge in [0.2, 0.25) is 0 Å². The molecule has 0 aliphatic rings. The molecule has 0 aliphatic carbocycles. The minimum Gasteiger partial charge on any atom is -0.354 e. The number of nitrogens with one attached hydrogen (secondary N) is 3. The summed E-state index contributed by atoms with van der Waals surface area (Å²) in [5.41, 5.74) is 8.47. The van der Waals surface area contributed by atoms with E-state index < -0.39 is 0 Å². The van der Waals surface area contributed by atoms with Crippen LogP contribution in [0.5, 0.6) is 0 Å². The first-order valence-corrected chi connectivity index (χ1v) is 10.5. The van der Waals surface area contributed by atoms with Crippen LogP contribution in [0.4, 0.5) is 5.69 Å².